The summed E-state index contributed by atoms with van der Waals surface area (Å²) in [6.07, 6.45) is 2.47. The van der Waals surface area contributed by atoms with Crippen molar-refractivity contribution in [3.05, 3.63) is 0 Å². The van der Waals surface area contributed by atoms with Crippen LogP contribution in [-0.2, 0) is 8.85 Å². The Morgan fingerprint density at radius 1 is 1.22 bits per heavy atom. The minimum atomic E-state index is -1.21. The second kappa shape index (κ2) is 6.26. The van der Waals surface area contributed by atoms with Crippen molar-refractivity contribution in [2.24, 2.45) is 0 Å². The van der Waals surface area contributed by atoms with Gasteiger partial charge in [-0.3, -0.25) is 0 Å². The summed E-state index contributed by atoms with van der Waals surface area (Å²) < 4.78 is 10.2. The third-order valence-electron chi connectivity index (χ3n) is 1.32. The normalized spacial score (nSPS) is 10.7. The van der Waals surface area contributed by atoms with Gasteiger partial charge in [-0.1, -0.05) is 19.8 Å². The van der Waals surface area contributed by atoms with Crippen LogP contribution in [-0.4, -0.2) is 23.5 Å². The summed E-state index contributed by atoms with van der Waals surface area (Å²) in [5, 5.41) is 0. The van der Waals surface area contributed by atoms with Gasteiger partial charge < -0.3 is 8.85 Å². The van der Waals surface area contributed by atoms with Gasteiger partial charge in [-0.25, -0.2) is 0 Å². The molecule has 3 heteroatoms. The van der Waals surface area contributed by atoms with Gasteiger partial charge in [-0.05, 0) is 6.04 Å². The lowest BCUT2D eigenvalue weighted by Crippen LogP contribution is -2.18. The Bertz CT molecular complexity index is 55.0. The van der Waals surface area contributed by atoms with Crippen LogP contribution in [0.5, 0.6) is 0 Å². The van der Waals surface area contributed by atoms with Crippen LogP contribution in [0.25, 0.3) is 0 Å². The number of hydrogen-bond acceptors (Lipinski definition) is 2. The Kier molecular flexibility index (Phi) is 6.35. The molecular formula is C6H16O2Si. The molecule has 0 aliphatic rings. The van der Waals surface area contributed by atoms with Gasteiger partial charge in [0, 0.05) is 14.2 Å². The van der Waals surface area contributed by atoms with E-state index in [0.29, 0.717) is 0 Å². The minimum Gasteiger partial charge on any atom is -0.400 e. The Morgan fingerprint density at radius 3 is 2.11 bits per heavy atom. The van der Waals surface area contributed by atoms with E-state index in [1.54, 1.807) is 14.2 Å². The summed E-state index contributed by atoms with van der Waals surface area (Å²) >= 11 is 0. The zero-order chi connectivity index (χ0) is 7.11. The van der Waals surface area contributed by atoms with E-state index >= 15 is 0 Å². The van der Waals surface area contributed by atoms with Crippen molar-refractivity contribution in [2.45, 2.75) is 25.8 Å². The summed E-state index contributed by atoms with van der Waals surface area (Å²) in [6.45, 7) is 2.18. The summed E-state index contributed by atoms with van der Waals surface area (Å²) in [4.78, 5) is 0. The quantitative estimate of drug-likeness (QED) is 0.547. The topological polar surface area (TPSA) is 18.5 Å². The summed E-state index contributed by atoms with van der Waals surface area (Å²) in [6, 6.07) is 1.14. The molecule has 0 spiro atoms. The lowest BCUT2D eigenvalue weighted by Gasteiger charge is -2.08. The van der Waals surface area contributed by atoms with Crippen LogP contribution >= 0.6 is 0 Å². The molecule has 0 fully saturated rings. The summed E-state index contributed by atoms with van der Waals surface area (Å²) in [5.41, 5.74) is 0. The van der Waals surface area contributed by atoms with Crippen molar-refractivity contribution >= 4 is 9.28 Å². The van der Waals surface area contributed by atoms with Crippen molar-refractivity contribution in [2.75, 3.05) is 14.2 Å². The van der Waals surface area contributed by atoms with E-state index in [1.807, 2.05) is 0 Å². The first-order chi connectivity index (χ1) is 4.35. The largest absolute Gasteiger partial charge is 0.400 e. The van der Waals surface area contributed by atoms with Gasteiger partial charge in [0.15, 0.2) is 0 Å². The van der Waals surface area contributed by atoms with Crippen LogP contribution in [0, 0.1) is 0 Å². The first kappa shape index (κ1) is 9.14. The van der Waals surface area contributed by atoms with Crippen LogP contribution in [0.15, 0.2) is 0 Å². The predicted molar refractivity (Wildman–Crippen MR) is 40.9 cm³/mol. The molecule has 2 nitrogen and oxygen atoms in total. The van der Waals surface area contributed by atoms with E-state index in [9.17, 15) is 0 Å². The highest BCUT2D eigenvalue weighted by Gasteiger charge is 2.06. The molecule has 0 unspecified atom stereocenters. The third-order valence-corrected chi connectivity index (χ3v) is 3.25. The van der Waals surface area contributed by atoms with Gasteiger partial charge in [0.1, 0.15) is 0 Å². The maximum absolute atomic E-state index is 5.12. The van der Waals surface area contributed by atoms with Crippen molar-refractivity contribution in [3.8, 4) is 0 Å². The van der Waals surface area contributed by atoms with Gasteiger partial charge in [0.05, 0.1) is 0 Å². The van der Waals surface area contributed by atoms with Crippen molar-refractivity contribution in [1.82, 2.24) is 0 Å². The lowest BCUT2D eigenvalue weighted by atomic mass is 10.4. The zero-order valence-electron chi connectivity index (χ0n) is 6.52. The average Bonchev–Trinajstić information content (AvgIpc) is 1.91. The van der Waals surface area contributed by atoms with Gasteiger partial charge in [0.2, 0.25) is 0 Å². The highest BCUT2D eigenvalue weighted by Crippen LogP contribution is 2.01. The van der Waals surface area contributed by atoms with Crippen LogP contribution in [0.3, 0.4) is 0 Å². The molecule has 0 amide bonds. The first-order valence-corrected chi connectivity index (χ1v) is 5.16. The number of rotatable bonds is 5. The Labute approximate surface area is 59.0 Å². The molecule has 0 bridgehead atoms. The Morgan fingerprint density at radius 2 is 1.78 bits per heavy atom. The van der Waals surface area contributed by atoms with E-state index in [-0.39, 0.29) is 0 Å². The van der Waals surface area contributed by atoms with E-state index in [0.717, 1.165) is 6.04 Å². The molecule has 0 saturated carbocycles. The third kappa shape index (κ3) is 4.63. The number of unbranched alkanes of at least 4 members (excludes halogenated alkanes) is 1. The molecule has 0 aromatic rings. The van der Waals surface area contributed by atoms with Crippen LogP contribution in [0.1, 0.15) is 19.8 Å². The standard InChI is InChI=1S/C6H16O2Si/c1-4-5-6-9(7-2)8-3/h9H,4-6H2,1-3H3. The van der Waals surface area contributed by atoms with Gasteiger partial charge >= 0.3 is 9.28 Å². The molecule has 0 aromatic carbocycles. The van der Waals surface area contributed by atoms with E-state index in [4.69, 9.17) is 8.85 Å². The molecule has 0 atom stereocenters. The first-order valence-electron chi connectivity index (χ1n) is 3.40. The zero-order valence-corrected chi connectivity index (χ0v) is 7.67. The molecule has 0 N–H and O–H groups in total. The lowest BCUT2D eigenvalue weighted by molar-refractivity contribution is 0.276. The van der Waals surface area contributed by atoms with Gasteiger partial charge in [-0.15, -0.1) is 0 Å². The van der Waals surface area contributed by atoms with Crippen molar-refractivity contribution < 1.29 is 8.85 Å². The van der Waals surface area contributed by atoms with Gasteiger partial charge in [0.25, 0.3) is 0 Å². The van der Waals surface area contributed by atoms with Crippen molar-refractivity contribution in [1.29, 1.82) is 0 Å². The monoisotopic (exact) mass is 148 g/mol. The second-order valence-electron chi connectivity index (χ2n) is 2.04. The molecule has 0 aromatic heterocycles. The maximum Gasteiger partial charge on any atom is 0.320 e. The maximum atomic E-state index is 5.12. The molecule has 0 aliphatic heterocycles. The highest BCUT2D eigenvalue weighted by atomic mass is 28.3. The Hall–Kier alpha value is 0.137. The molecule has 56 valence electrons. The number of hydrogen-bond donors (Lipinski definition) is 0. The van der Waals surface area contributed by atoms with E-state index in [2.05, 4.69) is 6.92 Å². The van der Waals surface area contributed by atoms with Crippen LogP contribution in [0.4, 0.5) is 0 Å². The van der Waals surface area contributed by atoms with Crippen LogP contribution < -0.4 is 0 Å². The fourth-order valence-electron chi connectivity index (χ4n) is 0.703. The van der Waals surface area contributed by atoms with Crippen molar-refractivity contribution in [3.63, 3.8) is 0 Å². The highest BCUT2D eigenvalue weighted by molar-refractivity contribution is 6.44. The average molecular weight is 148 g/mol. The molecule has 0 saturated heterocycles. The minimum absolute atomic E-state index is 1.14. The second-order valence-corrected chi connectivity index (χ2v) is 4.42. The molecular weight excluding hydrogens is 132 g/mol. The predicted octanol–water partition coefficient (Wildman–Crippen LogP) is 1.30. The Balaban J connectivity index is 3.09. The SMILES string of the molecule is CCCC[SiH](OC)OC. The van der Waals surface area contributed by atoms with Crippen LogP contribution in [0.2, 0.25) is 6.04 Å². The fraction of sp³-hybridized carbons (Fsp3) is 1.00. The van der Waals surface area contributed by atoms with E-state index in [1.165, 1.54) is 12.8 Å². The summed E-state index contributed by atoms with van der Waals surface area (Å²) in [7, 11) is 2.25. The van der Waals surface area contributed by atoms with Gasteiger partial charge in [-0.2, -0.15) is 0 Å². The molecule has 0 radical (unpaired) electrons. The fourth-order valence-corrected chi connectivity index (χ4v) is 2.11. The molecule has 0 heterocycles. The molecule has 0 rings (SSSR count). The smallest absolute Gasteiger partial charge is 0.320 e. The molecule has 9 heavy (non-hydrogen) atoms. The molecule has 0 aliphatic carbocycles. The summed E-state index contributed by atoms with van der Waals surface area (Å²) in [5.74, 6) is 0. The van der Waals surface area contributed by atoms with E-state index < -0.39 is 9.28 Å².